The zero-order chi connectivity index (χ0) is 12.1. The van der Waals surface area contributed by atoms with Crippen molar-refractivity contribution < 1.29 is 4.79 Å². The van der Waals surface area contributed by atoms with Gasteiger partial charge in [0.05, 0.1) is 0 Å². The van der Waals surface area contributed by atoms with Crippen molar-refractivity contribution in [3.8, 4) is 0 Å². The predicted octanol–water partition coefficient (Wildman–Crippen LogP) is 3.55. The van der Waals surface area contributed by atoms with E-state index >= 15 is 0 Å². The molecular formula is C12H15BrClNO. The molecule has 0 aromatic heterocycles. The molecule has 0 heterocycles. The molecule has 16 heavy (non-hydrogen) atoms. The summed E-state index contributed by atoms with van der Waals surface area (Å²) in [5.74, 6) is -0.0619. The van der Waals surface area contributed by atoms with Crippen molar-refractivity contribution in [1.82, 2.24) is 5.32 Å². The summed E-state index contributed by atoms with van der Waals surface area (Å²) in [4.78, 5) is 12.2. The fraction of sp³-hybridized carbons (Fsp3) is 0.417. The number of carbonyl (C=O) groups is 1. The minimum Gasteiger partial charge on any atom is -0.352 e. The molecule has 0 aliphatic carbocycles. The molecule has 1 amide bonds. The number of nitrogens with one attached hydrogen (secondary N) is 1. The van der Waals surface area contributed by atoms with E-state index in [4.69, 9.17) is 11.6 Å². The molecule has 0 radical (unpaired) electrons. The highest BCUT2D eigenvalue weighted by atomic mass is 79.9. The molecule has 0 spiro atoms. The molecule has 0 fully saturated rings. The predicted molar refractivity (Wildman–Crippen MR) is 71.5 cm³/mol. The van der Waals surface area contributed by atoms with Gasteiger partial charge in [-0.1, -0.05) is 40.5 Å². The van der Waals surface area contributed by atoms with Crippen LogP contribution in [0.5, 0.6) is 0 Å². The van der Waals surface area contributed by atoms with E-state index in [9.17, 15) is 4.79 Å². The Labute approximate surface area is 110 Å². The number of rotatable bonds is 4. The Morgan fingerprint density at radius 2 is 2.25 bits per heavy atom. The summed E-state index contributed by atoms with van der Waals surface area (Å²) in [6, 6.07) is 5.36. The van der Waals surface area contributed by atoms with E-state index in [1.165, 1.54) is 0 Å². The lowest BCUT2D eigenvalue weighted by Gasteiger charge is -2.09. The van der Waals surface area contributed by atoms with Crippen LogP contribution in [-0.2, 0) is 0 Å². The van der Waals surface area contributed by atoms with Crippen molar-refractivity contribution in [2.45, 2.75) is 25.1 Å². The molecule has 0 bridgehead atoms. The summed E-state index contributed by atoms with van der Waals surface area (Å²) in [5.41, 5.74) is 1.48. The molecule has 4 heteroatoms. The van der Waals surface area contributed by atoms with Gasteiger partial charge in [0.2, 0.25) is 0 Å². The fourth-order valence-corrected chi connectivity index (χ4v) is 1.74. The molecular weight excluding hydrogens is 289 g/mol. The number of hydrogen-bond donors (Lipinski definition) is 1. The van der Waals surface area contributed by atoms with Crippen LogP contribution < -0.4 is 5.32 Å². The number of benzene rings is 1. The Morgan fingerprint density at radius 3 is 2.88 bits per heavy atom. The van der Waals surface area contributed by atoms with Crippen LogP contribution in [0.2, 0.25) is 5.02 Å². The van der Waals surface area contributed by atoms with Crippen molar-refractivity contribution in [2.24, 2.45) is 0 Å². The number of hydrogen-bond acceptors (Lipinski definition) is 1. The Morgan fingerprint density at radius 1 is 1.56 bits per heavy atom. The smallest absolute Gasteiger partial charge is 0.251 e. The number of carbonyl (C=O) groups excluding carboxylic acids is 1. The van der Waals surface area contributed by atoms with E-state index in [0.717, 1.165) is 12.0 Å². The maximum absolute atomic E-state index is 11.8. The van der Waals surface area contributed by atoms with Crippen LogP contribution in [0, 0.1) is 6.92 Å². The maximum Gasteiger partial charge on any atom is 0.251 e. The van der Waals surface area contributed by atoms with E-state index < -0.39 is 0 Å². The third-order valence-corrected chi connectivity index (χ3v) is 3.21. The quantitative estimate of drug-likeness (QED) is 0.847. The zero-order valence-electron chi connectivity index (χ0n) is 9.39. The Kier molecular flexibility index (Phi) is 5.29. The van der Waals surface area contributed by atoms with Crippen molar-refractivity contribution in [1.29, 1.82) is 0 Å². The summed E-state index contributed by atoms with van der Waals surface area (Å²) >= 11 is 9.39. The summed E-state index contributed by atoms with van der Waals surface area (Å²) in [6.07, 6.45) is 0.908. The second kappa shape index (κ2) is 6.26. The van der Waals surface area contributed by atoms with Gasteiger partial charge in [0, 0.05) is 22.0 Å². The standard InChI is InChI=1S/C12H15BrClNO/c1-8(13)6-7-15-12(16)10-4-3-5-11(14)9(10)2/h3-5,8H,6-7H2,1-2H3,(H,15,16). The van der Waals surface area contributed by atoms with E-state index in [2.05, 4.69) is 28.2 Å². The highest BCUT2D eigenvalue weighted by Gasteiger charge is 2.10. The number of halogens is 2. The minimum atomic E-state index is -0.0619. The van der Waals surface area contributed by atoms with Crippen LogP contribution in [-0.4, -0.2) is 17.3 Å². The number of amides is 1. The van der Waals surface area contributed by atoms with Gasteiger partial charge in [-0.15, -0.1) is 0 Å². The number of alkyl halides is 1. The molecule has 0 saturated carbocycles. The second-order valence-electron chi connectivity index (χ2n) is 3.74. The molecule has 1 aromatic rings. The van der Waals surface area contributed by atoms with E-state index in [1.54, 1.807) is 18.2 Å². The molecule has 0 saturated heterocycles. The molecule has 2 nitrogen and oxygen atoms in total. The normalized spacial score (nSPS) is 12.2. The van der Waals surface area contributed by atoms with E-state index in [1.807, 2.05) is 6.92 Å². The Bertz CT molecular complexity index is 379. The maximum atomic E-state index is 11.8. The molecule has 1 rings (SSSR count). The molecule has 1 atom stereocenters. The third-order valence-electron chi connectivity index (χ3n) is 2.34. The average molecular weight is 305 g/mol. The zero-order valence-corrected chi connectivity index (χ0v) is 11.7. The third kappa shape index (κ3) is 3.80. The molecule has 1 unspecified atom stereocenters. The van der Waals surface area contributed by atoms with Crippen molar-refractivity contribution in [2.75, 3.05) is 6.54 Å². The summed E-state index contributed by atoms with van der Waals surface area (Å²) in [7, 11) is 0. The largest absolute Gasteiger partial charge is 0.352 e. The molecule has 0 aliphatic heterocycles. The lowest BCUT2D eigenvalue weighted by Crippen LogP contribution is -2.26. The van der Waals surface area contributed by atoms with Gasteiger partial charge in [0.15, 0.2) is 0 Å². The molecule has 1 N–H and O–H groups in total. The van der Waals surface area contributed by atoms with Crippen molar-refractivity contribution in [3.05, 3.63) is 34.3 Å². The van der Waals surface area contributed by atoms with Gasteiger partial charge in [0.25, 0.3) is 5.91 Å². The SMILES string of the molecule is Cc1c(Cl)cccc1C(=O)NCCC(C)Br. The first-order chi connectivity index (χ1) is 7.52. The van der Waals surface area contributed by atoms with Gasteiger partial charge in [-0.3, -0.25) is 4.79 Å². The minimum absolute atomic E-state index is 0.0619. The first-order valence-corrected chi connectivity index (χ1v) is 6.49. The van der Waals surface area contributed by atoms with E-state index in [-0.39, 0.29) is 5.91 Å². The first kappa shape index (κ1) is 13.5. The van der Waals surface area contributed by atoms with Crippen molar-refractivity contribution >= 4 is 33.4 Å². The topological polar surface area (TPSA) is 29.1 Å². The monoisotopic (exact) mass is 303 g/mol. The lowest BCUT2D eigenvalue weighted by molar-refractivity contribution is 0.0953. The molecule has 88 valence electrons. The van der Waals surface area contributed by atoms with Crippen LogP contribution >= 0.6 is 27.5 Å². The van der Waals surface area contributed by atoms with Crippen LogP contribution in [0.15, 0.2) is 18.2 Å². The van der Waals surface area contributed by atoms with Gasteiger partial charge in [-0.05, 0) is 31.0 Å². The highest BCUT2D eigenvalue weighted by Crippen LogP contribution is 2.18. The summed E-state index contributed by atoms with van der Waals surface area (Å²) in [6.45, 7) is 4.57. The van der Waals surface area contributed by atoms with Gasteiger partial charge in [-0.25, -0.2) is 0 Å². The highest BCUT2D eigenvalue weighted by molar-refractivity contribution is 9.09. The van der Waals surface area contributed by atoms with Gasteiger partial charge >= 0.3 is 0 Å². The summed E-state index contributed by atoms with van der Waals surface area (Å²) in [5, 5.41) is 3.50. The molecule has 0 aliphatic rings. The van der Waals surface area contributed by atoms with Gasteiger partial charge in [0.1, 0.15) is 0 Å². The average Bonchev–Trinajstić information content (AvgIpc) is 2.21. The van der Waals surface area contributed by atoms with Crippen molar-refractivity contribution in [3.63, 3.8) is 0 Å². The lowest BCUT2D eigenvalue weighted by atomic mass is 10.1. The van der Waals surface area contributed by atoms with Crippen LogP contribution in [0.1, 0.15) is 29.3 Å². The molecule has 1 aromatic carbocycles. The van der Waals surface area contributed by atoms with Gasteiger partial charge < -0.3 is 5.32 Å². The summed E-state index contributed by atoms with van der Waals surface area (Å²) < 4.78 is 0. The van der Waals surface area contributed by atoms with Gasteiger partial charge in [-0.2, -0.15) is 0 Å². The van der Waals surface area contributed by atoms with Crippen LogP contribution in [0.25, 0.3) is 0 Å². The fourth-order valence-electron chi connectivity index (χ4n) is 1.33. The first-order valence-electron chi connectivity index (χ1n) is 5.19. The van der Waals surface area contributed by atoms with E-state index in [0.29, 0.717) is 22.0 Å². The van der Waals surface area contributed by atoms with Crippen LogP contribution in [0.3, 0.4) is 0 Å². The van der Waals surface area contributed by atoms with Crippen LogP contribution in [0.4, 0.5) is 0 Å². The second-order valence-corrected chi connectivity index (χ2v) is 5.71. The Balaban J connectivity index is 2.63. The Hall–Kier alpha value is -0.540.